The maximum atomic E-state index is 10.7. The molecule has 1 aliphatic rings. The number of ether oxygens (including phenoxy) is 2. The van der Waals surface area contributed by atoms with Gasteiger partial charge in [-0.15, -0.1) is 0 Å². The molecule has 0 bridgehead atoms. The van der Waals surface area contributed by atoms with Crippen LogP contribution in [-0.2, 0) is 6.54 Å². The smallest absolute Gasteiger partial charge is 0.270 e. The van der Waals surface area contributed by atoms with Gasteiger partial charge in [-0.3, -0.25) is 10.1 Å². The van der Waals surface area contributed by atoms with Crippen molar-refractivity contribution in [1.82, 2.24) is 0 Å². The second kappa shape index (κ2) is 5.61. The number of para-hydroxylation sites is 1. The fraction of sp³-hybridized carbons (Fsp3) is 0.143. The summed E-state index contributed by atoms with van der Waals surface area (Å²) in [5.41, 5.74) is 1.79. The Hall–Kier alpha value is -2.28. The van der Waals surface area contributed by atoms with Crippen LogP contribution in [0.3, 0.4) is 0 Å². The van der Waals surface area contributed by atoms with Gasteiger partial charge in [0.15, 0.2) is 11.5 Å². The van der Waals surface area contributed by atoms with Gasteiger partial charge in [-0.25, -0.2) is 0 Å². The Kier molecular flexibility index (Phi) is 3.66. The van der Waals surface area contributed by atoms with E-state index in [1.165, 1.54) is 12.1 Å². The van der Waals surface area contributed by atoms with Crippen LogP contribution in [0.15, 0.2) is 40.9 Å². The summed E-state index contributed by atoms with van der Waals surface area (Å²) in [6.45, 7) is 0.760. The molecule has 21 heavy (non-hydrogen) atoms. The number of non-ortho nitro benzene ring substituents is 1. The Morgan fingerprint density at radius 2 is 2.14 bits per heavy atom. The van der Waals surface area contributed by atoms with E-state index in [9.17, 15) is 10.1 Å². The minimum atomic E-state index is -0.427. The highest BCUT2D eigenvalue weighted by molar-refractivity contribution is 9.10. The lowest BCUT2D eigenvalue weighted by molar-refractivity contribution is -0.384. The molecule has 0 unspecified atom stereocenters. The molecule has 3 rings (SSSR count). The van der Waals surface area contributed by atoms with Gasteiger partial charge in [0.1, 0.15) is 0 Å². The monoisotopic (exact) mass is 350 g/mol. The minimum absolute atomic E-state index is 0.0461. The largest absolute Gasteiger partial charge is 0.454 e. The van der Waals surface area contributed by atoms with Crippen LogP contribution in [-0.4, -0.2) is 11.7 Å². The Bertz CT molecular complexity index is 705. The number of anilines is 1. The fourth-order valence-electron chi connectivity index (χ4n) is 2.08. The molecule has 7 heteroatoms. The predicted molar refractivity (Wildman–Crippen MR) is 80.7 cm³/mol. The van der Waals surface area contributed by atoms with Crippen molar-refractivity contribution in [1.29, 1.82) is 0 Å². The molecule has 0 spiro atoms. The Labute approximate surface area is 129 Å². The molecule has 0 radical (unpaired) electrons. The third-order valence-electron chi connectivity index (χ3n) is 3.11. The molecule has 0 amide bonds. The van der Waals surface area contributed by atoms with E-state index in [0.29, 0.717) is 11.0 Å². The molecule has 2 aromatic carbocycles. The van der Waals surface area contributed by atoms with E-state index in [0.717, 1.165) is 22.7 Å². The number of hydrogen-bond donors (Lipinski definition) is 1. The lowest BCUT2D eigenvalue weighted by Crippen LogP contribution is -2.02. The van der Waals surface area contributed by atoms with Crippen LogP contribution in [0, 0.1) is 10.1 Å². The standard InChI is InChI=1S/C14H11BrN2O4/c15-11-6-10(17(18)19)4-5-12(11)16-7-9-2-1-3-13-14(9)21-8-20-13/h1-6,16H,7-8H2. The number of nitro benzene ring substituents is 1. The zero-order valence-electron chi connectivity index (χ0n) is 10.8. The van der Waals surface area contributed by atoms with Crippen molar-refractivity contribution in [3.8, 4) is 11.5 Å². The van der Waals surface area contributed by atoms with E-state index in [-0.39, 0.29) is 12.5 Å². The molecule has 0 saturated heterocycles. The molecule has 0 fully saturated rings. The van der Waals surface area contributed by atoms with Crippen LogP contribution < -0.4 is 14.8 Å². The molecule has 1 N–H and O–H groups in total. The van der Waals surface area contributed by atoms with Crippen LogP contribution in [0.2, 0.25) is 0 Å². The SMILES string of the molecule is O=[N+]([O-])c1ccc(NCc2cccc3c2OCO3)c(Br)c1. The highest BCUT2D eigenvalue weighted by Crippen LogP contribution is 2.36. The number of nitro groups is 1. The summed E-state index contributed by atoms with van der Waals surface area (Å²) < 4.78 is 11.4. The third kappa shape index (κ3) is 2.78. The lowest BCUT2D eigenvalue weighted by Gasteiger charge is -2.10. The maximum Gasteiger partial charge on any atom is 0.270 e. The number of hydrogen-bond acceptors (Lipinski definition) is 5. The zero-order valence-corrected chi connectivity index (χ0v) is 12.4. The highest BCUT2D eigenvalue weighted by atomic mass is 79.9. The van der Waals surface area contributed by atoms with Crippen LogP contribution in [0.5, 0.6) is 11.5 Å². The first-order valence-corrected chi connectivity index (χ1v) is 7.00. The van der Waals surface area contributed by atoms with Gasteiger partial charge in [0.05, 0.1) is 4.92 Å². The number of benzene rings is 2. The second-order valence-electron chi connectivity index (χ2n) is 4.43. The molecule has 2 aromatic rings. The second-order valence-corrected chi connectivity index (χ2v) is 5.28. The lowest BCUT2D eigenvalue weighted by atomic mass is 10.2. The summed E-state index contributed by atoms with van der Waals surface area (Å²) in [6.07, 6.45) is 0. The quantitative estimate of drug-likeness (QED) is 0.672. The van der Waals surface area contributed by atoms with E-state index in [1.54, 1.807) is 6.07 Å². The summed E-state index contributed by atoms with van der Waals surface area (Å²) in [6, 6.07) is 10.3. The molecule has 0 atom stereocenters. The third-order valence-corrected chi connectivity index (χ3v) is 3.77. The van der Waals surface area contributed by atoms with Gasteiger partial charge >= 0.3 is 0 Å². The van der Waals surface area contributed by atoms with Crippen molar-refractivity contribution >= 4 is 27.3 Å². The summed E-state index contributed by atoms with van der Waals surface area (Å²) in [4.78, 5) is 10.3. The molecule has 1 aliphatic heterocycles. The Balaban J connectivity index is 1.77. The van der Waals surface area contributed by atoms with Crippen LogP contribution in [0.25, 0.3) is 0 Å². The van der Waals surface area contributed by atoms with E-state index in [2.05, 4.69) is 21.2 Å². The van der Waals surface area contributed by atoms with Gasteiger partial charge in [-0.05, 0) is 28.1 Å². The molecule has 6 nitrogen and oxygen atoms in total. The summed E-state index contributed by atoms with van der Waals surface area (Å²) >= 11 is 3.33. The summed E-state index contributed by atoms with van der Waals surface area (Å²) in [7, 11) is 0. The van der Waals surface area contributed by atoms with Crippen molar-refractivity contribution in [3.63, 3.8) is 0 Å². The van der Waals surface area contributed by atoms with Crippen molar-refractivity contribution < 1.29 is 14.4 Å². The van der Waals surface area contributed by atoms with Crippen molar-refractivity contribution in [2.75, 3.05) is 12.1 Å². The van der Waals surface area contributed by atoms with E-state index in [1.807, 2.05) is 18.2 Å². The van der Waals surface area contributed by atoms with Gasteiger partial charge in [0.2, 0.25) is 6.79 Å². The maximum absolute atomic E-state index is 10.7. The Morgan fingerprint density at radius 1 is 1.29 bits per heavy atom. The van der Waals surface area contributed by atoms with Gasteiger partial charge < -0.3 is 14.8 Å². The Morgan fingerprint density at radius 3 is 2.90 bits per heavy atom. The number of nitrogens with zero attached hydrogens (tertiary/aromatic N) is 1. The van der Waals surface area contributed by atoms with E-state index >= 15 is 0 Å². The fourth-order valence-corrected chi connectivity index (χ4v) is 2.59. The van der Waals surface area contributed by atoms with Gasteiger partial charge in [0.25, 0.3) is 5.69 Å². The van der Waals surface area contributed by atoms with Gasteiger partial charge in [-0.2, -0.15) is 0 Å². The number of fused-ring (bicyclic) bond motifs is 1. The first-order chi connectivity index (χ1) is 10.1. The molecule has 1 heterocycles. The molecule has 0 aromatic heterocycles. The molecular formula is C14H11BrN2O4. The minimum Gasteiger partial charge on any atom is -0.454 e. The molecule has 108 valence electrons. The number of nitrogens with one attached hydrogen (secondary N) is 1. The van der Waals surface area contributed by atoms with Crippen molar-refractivity contribution in [2.24, 2.45) is 0 Å². The van der Waals surface area contributed by atoms with Crippen LogP contribution in [0.4, 0.5) is 11.4 Å². The number of rotatable bonds is 4. The normalized spacial score (nSPS) is 12.2. The summed E-state index contributed by atoms with van der Waals surface area (Å²) in [5, 5.41) is 13.9. The van der Waals surface area contributed by atoms with Crippen molar-refractivity contribution in [2.45, 2.75) is 6.54 Å². The average Bonchev–Trinajstić information content (AvgIpc) is 2.94. The van der Waals surface area contributed by atoms with Gasteiger partial charge in [-0.1, -0.05) is 12.1 Å². The van der Waals surface area contributed by atoms with Crippen molar-refractivity contribution in [3.05, 3.63) is 56.5 Å². The zero-order chi connectivity index (χ0) is 14.8. The summed E-state index contributed by atoms with van der Waals surface area (Å²) in [5.74, 6) is 1.47. The first-order valence-electron chi connectivity index (χ1n) is 6.20. The molecular weight excluding hydrogens is 340 g/mol. The highest BCUT2D eigenvalue weighted by Gasteiger charge is 2.17. The first kappa shape index (κ1) is 13.7. The van der Waals surface area contributed by atoms with Crippen LogP contribution >= 0.6 is 15.9 Å². The van der Waals surface area contributed by atoms with Gasteiger partial charge in [0, 0.05) is 34.4 Å². The molecule has 0 saturated carbocycles. The van der Waals surface area contributed by atoms with E-state index in [4.69, 9.17) is 9.47 Å². The molecule has 0 aliphatic carbocycles. The predicted octanol–water partition coefficient (Wildman–Crippen LogP) is 3.70. The number of halogens is 1. The average molecular weight is 351 g/mol. The van der Waals surface area contributed by atoms with Crippen LogP contribution in [0.1, 0.15) is 5.56 Å². The topological polar surface area (TPSA) is 73.6 Å². The van der Waals surface area contributed by atoms with E-state index < -0.39 is 4.92 Å².